The van der Waals surface area contributed by atoms with Gasteiger partial charge in [0.2, 0.25) is 0 Å². The summed E-state index contributed by atoms with van der Waals surface area (Å²) in [6.45, 7) is 1.08. The van der Waals surface area contributed by atoms with Crippen molar-refractivity contribution < 1.29 is 18.8 Å². The lowest BCUT2D eigenvalue weighted by atomic mass is 9.75. The van der Waals surface area contributed by atoms with Gasteiger partial charge in [0.05, 0.1) is 5.69 Å². The van der Waals surface area contributed by atoms with Crippen LogP contribution in [0.5, 0.6) is 0 Å². The smallest absolute Gasteiger partial charge is 0.325 e. The molecule has 3 aromatic rings. The molecule has 0 aliphatic carbocycles. The number of halogens is 1. The molecule has 4 amide bonds. The number of hydrogen-bond acceptors (Lipinski definition) is 5. The van der Waals surface area contributed by atoms with Crippen molar-refractivity contribution in [3.8, 4) is 0 Å². The zero-order valence-corrected chi connectivity index (χ0v) is 19.8. The Morgan fingerprint density at radius 1 is 1.11 bits per heavy atom. The van der Waals surface area contributed by atoms with E-state index in [-0.39, 0.29) is 24.3 Å². The Morgan fingerprint density at radius 2 is 1.94 bits per heavy atom. The molecule has 4 heterocycles. The van der Waals surface area contributed by atoms with E-state index in [2.05, 4.69) is 10.3 Å². The van der Waals surface area contributed by atoms with Crippen molar-refractivity contribution in [2.24, 2.45) is 5.92 Å². The second-order valence-corrected chi connectivity index (χ2v) is 9.85. The molecule has 7 nitrogen and oxygen atoms in total. The van der Waals surface area contributed by atoms with Crippen molar-refractivity contribution >= 4 is 29.2 Å². The van der Waals surface area contributed by atoms with Gasteiger partial charge in [0.1, 0.15) is 5.82 Å². The van der Waals surface area contributed by atoms with Crippen molar-refractivity contribution in [3.63, 3.8) is 0 Å². The second-order valence-electron chi connectivity index (χ2n) is 8.82. The van der Waals surface area contributed by atoms with Crippen LogP contribution >= 0.6 is 11.3 Å². The van der Waals surface area contributed by atoms with Crippen molar-refractivity contribution in [2.45, 2.75) is 24.8 Å². The average molecular weight is 493 g/mol. The predicted octanol–water partition coefficient (Wildman–Crippen LogP) is 3.82. The number of piperidine rings is 1. The van der Waals surface area contributed by atoms with Crippen LogP contribution in [0.4, 0.5) is 9.18 Å². The molecule has 0 unspecified atom stereocenters. The number of carbonyl (C=O) groups excluding carboxylic acids is 3. The Balaban J connectivity index is 1.37. The van der Waals surface area contributed by atoms with Gasteiger partial charge in [0, 0.05) is 42.2 Å². The van der Waals surface area contributed by atoms with Crippen LogP contribution in [0.1, 0.15) is 33.8 Å². The van der Waals surface area contributed by atoms with Crippen molar-refractivity contribution in [1.29, 1.82) is 0 Å². The number of benzene rings is 1. The molecule has 2 aliphatic heterocycles. The van der Waals surface area contributed by atoms with E-state index in [1.165, 1.54) is 23.1 Å². The maximum Gasteiger partial charge on any atom is 0.325 e. The van der Waals surface area contributed by atoms with Crippen LogP contribution in [0.3, 0.4) is 0 Å². The Bertz CT molecular complexity index is 1230. The number of aromatic nitrogens is 1. The van der Waals surface area contributed by atoms with Crippen molar-refractivity contribution in [2.75, 3.05) is 19.6 Å². The number of carbonyl (C=O) groups is 3. The number of pyridine rings is 1. The molecule has 2 fully saturated rings. The molecule has 2 aromatic heterocycles. The molecule has 35 heavy (non-hydrogen) atoms. The molecule has 0 radical (unpaired) electrons. The summed E-state index contributed by atoms with van der Waals surface area (Å²) in [6.07, 6.45) is 3.22. The van der Waals surface area contributed by atoms with E-state index >= 15 is 0 Å². The largest absolute Gasteiger partial charge is 0.339 e. The van der Waals surface area contributed by atoms with Gasteiger partial charge in [-0.3, -0.25) is 19.5 Å². The Morgan fingerprint density at radius 3 is 2.63 bits per heavy atom. The molecule has 180 valence electrons. The van der Waals surface area contributed by atoms with Gasteiger partial charge < -0.3 is 10.2 Å². The molecular weight excluding hydrogens is 467 g/mol. The number of thiophene rings is 1. The zero-order chi connectivity index (χ0) is 24.4. The van der Waals surface area contributed by atoms with Crippen LogP contribution in [0.15, 0.2) is 66.2 Å². The third kappa shape index (κ3) is 4.32. The van der Waals surface area contributed by atoms with Gasteiger partial charge in [0.15, 0.2) is 5.54 Å². The Labute approximate surface area is 206 Å². The van der Waals surface area contributed by atoms with E-state index in [0.29, 0.717) is 43.6 Å². The van der Waals surface area contributed by atoms with Crippen LogP contribution in [0, 0.1) is 11.7 Å². The summed E-state index contributed by atoms with van der Waals surface area (Å²) in [5.41, 5.74) is -0.471. The first-order valence-corrected chi connectivity index (χ1v) is 12.5. The fraction of sp³-hybridized carbons (Fsp3) is 0.308. The van der Waals surface area contributed by atoms with Crippen LogP contribution in [0.25, 0.3) is 0 Å². The Hall–Kier alpha value is -3.59. The number of likely N-dealkylation sites (tertiary alicyclic amines) is 1. The summed E-state index contributed by atoms with van der Waals surface area (Å²) in [4.78, 5) is 48.3. The summed E-state index contributed by atoms with van der Waals surface area (Å²) in [5, 5.41) is 4.96. The summed E-state index contributed by atoms with van der Waals surface area (Å²) < 4.78 is 13.6. The summed E-state index contributed by atoms with van der Waals surface area (Å²) in [5.74, 6) is -1.24. The maximum absolute atomic E-state index is 13.9. The van der Waals surface area contributed by atoms with Gasteiger partial charge in [-0.15, -0.1) is 11.3 Å². The fourth-order valence-electron chi connectivity index (χ4n) is 5.05. The number of amides is 4. The lowest BCUT2D eigenvalue weighted by Crippen LogP contribution is -2.54. The van der Waals surface area contributed by atoms with Crippen LogP contribution in [-0.4, -0.2) is 52.3 Å². The number of urea groups is 1. The molecule has 2 aliphatic rings. The second kappa shape index (κ2) is 9.58. The van der Waals surface area contributed by atoms with E-state index in [4.69, 9.17) is 0 Å². The van der Waals surface area contributed by atoms with Gasteiger partial charge in [-0.1, -0.05) is 18.2 Å². The van der Waals surface area contributed by atoms with Crippen molar-refractivity contribution in [1.82, 2.24) is 20.1 Å². The van der Waals surface area contributed by atoms with Crippen molar-refractivity contribution in [3.05, 3.63) is 88.1 Å². The third-order valence-corrected chi connectivity index (χ3v) is 7.76. The van der Waals surface area contributed by atoms with Gasteiger partial charge in [-0.2, -0.15) is 0 Å². The molecule has 9 heteroatoms. The van der Waals surface area contributed by atoms with Crippen LogP contribution in [-0.2, 0) is 16.8 Å². The molecule has 1 aromatic carbocycles. The summed E-state index contributed by atoms with van der Waals surface area (Å²) in [7, 11) is 0. The molecule has 5 rings (SSSR count). The highest BCUT2D eigenvalue weighted by Crippen LogP contribution is 2.41. The maximum atomic E-state index is 13.9. The highest BCUT2D eigenvalue weighted by molar-refractivity contribution is 7.09. The monoisotopic (exact) mass is 492 g/mol. The molecular formula is C26H25FN4O3S. The average Bonchev–Trinajstić information content (AvgIpc) is 3.49. The summed E-state index contributed by atoms with van der Waals surface area (Å²) >= 11 is 1.59. The van der Waals surface area contributed by atoms with E-state index in [9.17, 15) is 18.8 Å². The number of nitrogens with one attached hydrogen (secondary N) is 1. The first-order chi connectivity index (χ1) is 17.0. The minimum absolute atomic E-state index is 0.239. The van der Waals surface area contributed by atoms with Crippen LogP contribution < -0.4 is 5.32 Å². The van der Waals surface area contributed by atoms with Crippen LogP contribution in [0.2, 0.25) is 0 Å². The quantitative estimate of drug-likeness (QED) is 0.531. The van der Waals surface area contributed by atoms with Gasteiger partial charge in [-0.05, 0) is 61.0 Å². The molecule has 0 spiro atoms. The number of nitrogens with zero attached hydrogens (tertiary/aromatic N) is 3. The van der Waals surface area contributed by atoms with Gasteiger partial charge >= 0.3 is 6.03 Å². The highest BCUT2D eigenvalue weighted by atomic mass is 32.1. The highest BCUT2D eigenvalue weighted by Gasteiger charge is 2.58. The predicted molar refractivity (Wildman–Crippen MR) is 129 cm³/mol. The standard InChI is InChI=1S/C26H25FN4O3S/c27-20-6-3-5-18(17-20)23(32)30-13-9-19(10-14-30)26(22-8-1-2-12-28-22)24(33)31(25(34)29-26)15-11-21-7-4-16-35-21/h1-8,12,16-17,19H,9-11,13-15H2,(H,29,34)/t26-/m1/s1. The van der Waals surface area contributed by atoms with Gasteiger partial charge in [-0.25, -0.2) is 9.18 Å². The Kier molecular flexibility index (Phi) is 6.34. The third-order valence-electron chi connectivity index (χ3n) is 6.83. The number of hydrogen-bond donors (Lipinski definition) is 1. The zero-order valence-electron chi connectivity index (χ0n) is 19.0. The normalized spacial score (nSPS) is 20.8. The van der Waals surface area contributed by atoms with E-state index < -0.39 is 17.4 Å². The van der Waals surface area contributed by atoms with E-state index in [0.717, 1.165) is 4.88 Å². The lowest BCUT2D eigenvalue weighted by molar-refractivity contribution is -0.134. The minimum atomic E-state index is -1.28. The van der Waals surface area contributed by atoms with E-state index in [1.807, 2.05) is 17.5 Å². The lowest BCUT2D eigenvalue weighted by Gasteiger charge is -2.40. The first kappa shape index (κ1) is 23.2. The minimum Gasteiger partial charge on any atom is -0.339 e. The molecule has 1 atom stereocenters. The van der Waals surface area contributed by atoms with Gasteiger partial charge in [0.25, 0.3) is 11.8 Å². The molecule has 0 saturated carbocycles. The molecule has 0 bridgehead atoms. The first-order valence-electron chi connectivity index (χ1n) is 11.6. The molecule has 1 N–H and O–H groups in total. The number of rotatable bonds is 6. The van der Waals surface area contributed by atoms with E-state index in [1.54, 1.807) is 46.7 Å². The topological polar surface area (TPSA) is 82.6 Å². The summed E-state index contributed by atoms with van der Waals surface area (Å²) in [6, 6.07) is 14.5. The number of imide groups is 1. The molecule has 2 saturated heterocycles. The fourth-order valence-corrected chi connectivity index (χ4v) is 5.75. The SMILES string of the molecule is O=C(c1cccc(F)c1)N1CCC([C@]2(c3ccccn3)NC(=O)N(CCc3cccs3)C2=O)CC1.